The second kappa shape index (κ2) is 5.24. The summed E-state index contributed by atoms with van der Waals surface area (Å²) in [5, 5.41) is 0. The highest BCUT2D eigenvalue weighted by molar-refractivity contribution is 5.49. The smallest absolute Gasteiger partial charge is 0.119 e. The maximum absolute atomic E-state index is 5.66. The summed E-state index contributed by atoms with van der Waals surface area (Å²) in [6.45, 7) is 5.12. The molecule has 0 spiro atoms. The molecular weight excluding hydrogens is 258 g/mol. The van der Waals surface area contributed by atoms with Gasteiger partial charge in [-0.1, -0.05) is 0 Å². The summed E-state index contributed by atoms with van der Waals surface area (Å²) in [5.74, 6) is 0.898. The average molecular weight is 277 g/mol. The molecule has 0 bridgehead atoms. The van der Waals surface area contributed by atoms with Crippen molar-refractivity contribution < 1.29 is 18.9 Å². The molecule has 0 saturated carbocycles. The lowest BCUT2D eigenvalue weighted by Gasteiger charge is -2.23. The van der Waals surface area contributed by atoms with Crippen molar-refractivity contribution in [3.63, 3.8) is 0 Å². The summed E-state index contributed by atoms with van der Waals surface area (Å²) in [6.07, 6.45) is 1.07. The summed E-state index contributed by atoms with van der Waals surface area (Å²) < 4.78 is 21.5. The van der Waals surface area contributed by atoms with E-state index in [-0.39, 0.29) is 0 Å². The van der Waals surface area contributed by atoms with Crippen LogP contribution in [0.4, 0.5) is 5.69 Å². The molecule has 0 aliphatic carbocycles. The fourth-order valence-electron chi connectivity index (χ4n) is 2.23. The molecule has 3 aliphatic heterocycles. The van der Waals surface area contributed by atoms with Crippen LogP contribution >= 0.6 is 0 Å². The van der Waals surface area contributed by atoms with Gasteiger partial charge in [0.1, 0.15) is 18.5 Å². The number of benzene rings is 1. The molecule has 0 aromatic heterocycles. The minimum absolute atomic E-state index is 0.296. The third-order valence-electron chi connectivity index (χ3n) is 3.69. The summed E-state index contributed by atoms with van der Waals surface area (Å²) in [6, 6.07) is 8.25. The van der Waals surface area contributed by atoms with Gasteiger partial charge in [-0.05, 0) is 24.3 Å². The Hall–Kier alpha value is -1.30. The van der Waals surface area contributed by atoms with Crippen molar-refractivity contribution in [1.82, 2.24) is 0 Å². The molecule has 0 amide bonds. The van der Waals surface area contributed by atoms with E-state index in [4.69, 9.17) is 18.9 Å². The SMILES string of the molecule is c1cc(N(CC2CO2)C[C@H]2CO2)ccc1OCC1CO1. The van der Waals surface area contributed by atoms with Crippen LogP contribution in [0.3, 0.4) is 0 Å². The van der Waals surface area contributed by atoms with E-state index in [0.29, 0.717) is 24.9 Å². The van der Waals surface area contributed by atoms with E-state index in [9.17, 15) is 0 Å². The fraction of sp³-hybridized carbons (Fsp3) is 0.600. The van der Waals surface area contributed by atoms with E-state index in [2.05, 4.69) is 17.0 Å². The van der Waals surface area contributed by atoms with Crippen molar-refractivity contribution in [3.05, 3.63) is 24.3 Å². The molecule has 3 aliphatic rings. The average Bonchev–Trinajstić information content (AvgIpc) is 3.32. The van der Waals surface area contributed by atoms with Crippen LogP contribution in [0.1, 0.15) is 0 Å². The van der Waals surface area contributed by atoms with E-state index in [1.165, 1.54) is 5.69 Å². The zero-order valence-corrected chi connectivity index (χ0v) is 11.4. The molecule has 3 saturated heterocycles. The van der Waals surface area contributed by atoms with Crippen molar-refractivity contribution in [2.75, 3.05) is 44.4 Å². The highest BCUT2D eigenvalue weighted by atomic mass is 16.6. The summed E-state index contributed by atoms with van der Waals surface area (Å²) >= 11 is 0. The Labute approximate surface area is 118 Å². The Balaban J connectivity index is 1.38. The number of rotatable bonds is 8. The van der Waals surface area contributed by atoms with Gasteiger partial charge in [-0.3, -0.25) is 0 Å². The first-order valence-electron chi connectivity index (χ1n) is 7.19. The molecule has 5 nitrogen and oxygen atoms in total. The number of ether oxygens (including phenoxy) is 4. The predicted octanol–water partition coefficient (Wildman–Crippen LogP) is 1.07. The summed E-state index contributed by atoms with van der Waals surface area (Å²) in [7, 11) is 0. The van der Waals surface area contributed by atoms with Crippen molar-refractivity contribution in [3.8, 4) is 5.75 Å². The minimum atomic E-state index is 0.296. The molecule has 3 heterocycles. The van der Waals surface area contributed by atoms with Gasteiger partial charge in [0.05, 0.1) is 32.0 Å². The summed E-state index contributed by atoms with van der Waals surface area (Å²) in [5.41, 5.74) is 1.20. The van der Waals surface area contributed by atoms with E-state index in [1.54, 1.807) is 0 Å². The predicted molar refractivity (Wildman–Crippen MR) is 73.4 cm³/mol. The van der Waals surface area contributed by atoms with Crippen molar-refractivity contribution >= 4 is 5.69 Å². The Morgan fingerprint density at radius 3 is 1.95 bits per heavy atom. The van der Waals surface area contributed by atoms with Crippen molar-refractivity contribution in [2.24, 2.45) is 0 Å². The lowest BCUT2D eigenvalue weighted by Crippen LogP contribution is -2.31. The second-order valence-electron chi connectivity index (χ2n) is 5.58. The highest BCUT2D eigenvalue weighted by Crippen LogP contribution is 2.25. The maximum Gasteiger partial charge on any atom is 0.119 e. The van der Waals surface area contributed by atoms with Crippen molar-refractivity contribution in [1.29, 1.82) is 0 Å². The topological polar surface area (TPSA) is 50.1 Å². The van der Waals surface area contributed by atoms with Gasteiger partial charge in [-0.2, -0.15) is 0 Å². The maximum atomic E-state index is 5.66. The largest absolute Gasteiger partial charge is 0.491 e. The van der Waals surface area contributed by atoms with Gasteiger partial charge < -0.3 is 23.8 Å². The van der Waals surface area contributed by atoms with Crippen LogP contribution in [0.15, 0.2) is 24.3 Å². The molecule has 1 aromatic carbocycles. The van der Waals surface area contributed by atoms with Gasteiger partial charge in [0.2, 0.25) is 0 Å². The monoisotopic (exact) mass is 277 g/mol. The standard InChI is InChI=1S/C15H19NO4/c1-3-12(17-9-15-10-20-15)4-2-11(1)16(5-13-7-18-13)6-14-8-19-14/h1-4,13-15H,5-10H2/t13-,14?,15?/m0/s1. The molecule has 0 N–H and O–H groups in total. The lowest BCUT2D eigenvalue weighted by atomic mass is 10.2. The zero-order chi connectivity index (χ0) is 13.4. The van der Waals surface area contributed by atoms with Gasteiger partial charge >= 0.3 is 0 Å². The Bertz CT molecular complexity index is 437. The molecule has 20 heavy (non-hydrogen) atoms. The quantitative estimate of drug-likeness (QED) is 0.665. The molecule has 4 rings (SSSR count). The van der Waals surface area contributed by atoms with Crippen LogP contribution < -0.4 is 9.64 Å². The van der Waals surface area contributed by atoms with E-state index >= 15 is 0 Å². The molecule has 108 valence electrons. The first-order valence-corrected chi connectivity index (χ1v) is 7.19. The van der Waals surface area contributed by atoms with Gasteiger partial charge in [0, 0.05) is 18.8 Å². The van der Waals surface area contributed by atoms with Gasteiger partial charge in [-0.15, -0.1) is 0 Å². The Kier molecular flexibility index (Phi) is 3.26. The highest BCUT2D eigenvalue weighted by Gasteiger charge is 2.30. The van der Waals surface area contributed by atoms with Crippen LogP contribution in [0.25, 0.3) is 0 Å². The molecule has 3 atom stereocenters. The molecule has 5 heteroatoms. The molecule has 1 aromatic rings. The zero-order valence-electron chi connectivity index (χ0n) is 11.4. The number of anilines is 1. The fourth-order valence-corrected chi connectivity index (χ4v) is 2.23. The third kappa shape index (κ3) is 3.42. The number of nitrogens with zero attached hydrogens (tertiary/aromatic N) is 1. The summed E-state index contributed by atoms with van der Waals surface area (Å²) in [4.78, 5) is 2.34. The first-order chi connectivity index (χ1) is 9.87. The molecule has 2 unspecified atom stereocenters. The molecule has 3 fully saturated rings. The van der Waals surface area contributed by atoms with Crippen LogP contribution in [0.2, 0.25) is 0 Å². The van der Waals surface area contributed by atoms with E-state index < -0.39 is 0 Å². The van der Waals surface area contributed by atoms with E-state index in [0.717, 1.165) is 38.7 Å². The van der Waals surface area contributed by atoms with Gasteiger partial charge in [0.25, 0.3) is 0 Å². The van der Waals surface area contributed by atoms with Crippen molar-refractivity contribution in [2.45, 2.75) is 18.3 Å². The number of hydrogen-bond acceptors (Lipinski definition) is 5. The van der Waals surface area contributed by atoms with Crippen LogP contribution in [-0.4, -0.2) is 57.8 Å². The van der Waals surface area contributed by atoms with Crippen LogP contribution in [-0.2, 0) is 14.2 Å². The lowest BCUT2D eigenvalue weighted by molar-refractivity contribution is 0.263. The van der Waals surface area contributed by atoms with E-state index in [1.807, 2.05) is 12.1 Å². The van der Waals surface area contributed by atoms with Crippen LogP contribution in [0.5, 0.6) is 5.75 Å². The Morgan fingerprint density at radius 1 is 0.900 bits per heavy atom. The first kappa shape index (κ1) is 12.4. The molecule has 0 radical (unpaired) electrons. The second-order valence-corrected chi connectivity index (χ2v) is 5.58. The number of epoxide rings is 3. The van der Waals surface area contributed by atoms with Gasteiger partial charge in [0.15, 0.2) is 0 Å². The molecular formula is C15H19NO4. The third-order valence-corrected chi connectivity index (χ3v) is 3.69. The minimum Gasteiger partial charge on any atom is -0.491 e. The number of hydrogen-bond donors (Lipinski definition) is 0. The normalized spacial score (nSPS) is 29.9. The Morgan fingerprint density at radius 2 is 1.45 bits per heavy atom. The van der Waals surface area contributed by atoms with Gasteiger partial charge in [-0.25, -0.2) is 0 Å². The van der Waals surface area contributed by atoms with Crippen LogP contribution in [0, 0.1) is 0 Å².